The topological polar surface area (TPSA) is 108 Å². The van der Waals surface area contributed by atoms with Crippen molar-refractivity contribution in [2.24, 2.45) is 0 Å². The summed E-state index contributed by atoms with van der Waals surface area (Å²) in [5.74, 6) is -0.782. The lowest BCUT2D eigenvalue weighted by molar-refractivity contribution is -0.870. The minimum atomic E-state index is -4.39. The van der Waals surface area contributed by atoms with E-state index in [4.69, 9.17) is 18.5 Å². The van der Waals surface area contributed by atoms with E-state index >= 15 is 0 Å². The first kappa shape index (κ1) is 83.0. The molecule has 0 fully saturated rings. The Balaban J connectivity index is 3.93. The van der Waals surface area contributed by atoms with Crippen molar-refractivity contribution < 1.29 is 42.1 Å². The van der Waals surface area contributed by atoms with Gasteiger partial charge < -0.3 is 18.9 Å². The molecule has 85 heavy (non-hydrogen) atoms. The molecule has 0 amide bonds. The normalized spacial score (nSPS) is 13.3. The predicted octanol–water partition coefficient (Wildman–Crippen LogP) is 24.0. The van der Waals surface area contributed by atoms with Crippen LogP contribution < -0.4 is 0 Å². The van der Waals surface area contributed by atoms with Gasteiger partial charge in [0.1, 0.15) is 19.8 Å². The fraction of sp³-hybridized carbons (Fsp3) is 0.867. The second-order valence-electron chi connectivity index (χ2n) is 26.3. The van der Waals surface area contributed by atoms with Crippen molar-refractivity contribution in [2.45, 2.75) is 373 Å². The maximum atomic E-state index is 12.9. The van der Waals surface area contributed by atoms with Crippen LogP contribution in [-0.4, -0.2) is 74.9 Å². The molecule has 9 nitrogen and oxygen atoms in total. The van der Waals surface area contributed by atoms with E-state index in [0.29, 0.717) is 23.9 Å². The molecule has 0 saturated heterocycles. The highest BCUT2D eigenvalue weighted by molar-refractivity contribution is 7.47. The second-order valence-corrected chi connectivity index (χ2v) is 27.8. The quantitative estimate of drug-likeness (QED) is 0.0211. The zero-order chi connectivity index (χ0) is 61.9. The Kier molecular flexibility index (Phi) is 64.8. The van der Waals surface area contributed by atoms with Crippen LogP contribution in [0.25, 0.3) is 0 Å². The van der Waals surface area contributed by atoms with Gasteiger partial charge in [0.05, 0.1) is 27.7 Å². The number of carbonyl (C=O) groups excluding carboxylic acids is 2. The molecule has 0 radical (unpaired) electrons. The molecule has 0 rings (SSSR count). The molecule has 0 aromatic heterocycles. The number of hydrogen-bond donors (Lipinski definition) is 1. The number of nitrogens with zero attached hydrogens (tertiary/aromatic N) is 1. The van der Waals surface area contributed by atoms with Crippen molar-refractivity contribution in [3.8, 4) is 0 Å². The van der Waals surface area contributed by atoms with Crippen molar-refractivity contribution in [3.05, 3.63) is 48.6 Å². The summed E-state index contributed by atoms with van der Waals surface area (Å²) in [4.78, 5) is 35.9. The molecule has 0 aliphatic rings. The summed E-state index contributed by atoms with van der Waals surface area (Å²) in [6.07, 6.45) is 86.7. The number of esters is 2. The van der Waals surface area contributed by atoms with Gasteiger partial charge in [0, 0.05) is 12.8 Å². The van der Waals surface area contributed by atoms with E-state index in [-0.39, 0.29) is 25.6 Å². The average molecular weight is 1220 g/mol. The van der Waals surface area contributed by atoms with Gasteiger partial charge in [0.15, 0.2) is 6.10 Å². The molecule has 2 unspecified atom stereocenters. The van der Waals surface area contributed by atoms with Crippen LogP contribution in [-0.2, 0) is 32.7 Å². The molecular weight excluding hydrogens is 1070 g/mol. The lowest BCUT2D eigenvalue weighted by atomic mass is 10.0. The summed E-state index contributed by atoms with van der Waals surface area (Å²) in [6, 6.07) is 0. The van der Waals surface area contributed by atoms with Gasteiger partial charge in [-0.05, 0) is 51.4 Å². The Labute approximate surface area is 528 Å². The first-order chi connectivity index (χ1) is 41.5. The van der Waals surface area contributed by atoms with Gasteiger partial charge in [-0.15, -0.1) is 0 Å². The lowest BCUT2D eigenvalue weighted by Crippen LogP contribution is -2.37. The van der Waals surface area contributed by atoms with Gasteiger partial charge in [0.25, 0.3) is 0 Å². The van der Waals surface area contributed by atoms with Crippen LogP contribution in [0.4, 0.5) is 0 Å². The number of allylic oxidation sites excluding steroid dienone is 8. The average Bonchev–Trinajstić information content (AvgIpc) is 3.54. The van der Waals surface area contributed by atoms with Crippen LogP contribution in [0.3, 0.4) is 0 Å². The number of carbonyl (C=O) groups is 2. The summed E-state index contributed by atoms with van der Waals surface area (Å²) < 4.78 is 34.8. The van der Waals surface area contributed by atoms with Crippen molar-refractivity contribution in [1.29, 1.82) is 0 Å². The summed E-state index contributed by atoms with van der Waals surface area (Å²) in [6.45, 7) is 4.38. The zero-order valence-electron chi connectivity index (χ0n) is 57.1. The van der Waals surface area contributed by atoms with Crippen molar-refractivity contribution in [2.75, 3.05) is 47.5 Å². The van der Waals surface area contributed by atoms with E-state index < -0.39 is 26.5 Å². The van der Waals surface area contributed by atoms with Crippen molar-refractivity contribution in [3.63, 3.8) is 0 Å². The summed E-state index contributed by atoms with van der Waals surface area (Å²) in [5, 5.41) is 0. The molecule has 10 heteroatoms. The number of phosphoric ester groups is 1. The largest absolute Gasteiger partial charge is 0.472 e. The minimum Gasteiger partial charge on any atom is -0.462 e. The van der Waals surface area contributed by atoms with Crippen LogP contribution in [0.15, 0.2) is 48.6 Å². The van der Waals surface area contributed by atoms with E-state index in [9.17, 15) is 19.0 Å². The minimum absolute atomic E-state index is 0.0324. The fourth-order valence-corrected chi connectivity index (χ4v) is 11.8. The fourth-order valence-electron chi connectivity index (χ4n) is 11.0. The van der Waals surface area contributed by atoms with Gasteiger partial charge >= 0.3 is 19.8 Å². The molecule has 500 valence electrons. The highest BCUT2D eigenvalue weighted by Crippen LogP contribution is 2.43. The third-order valence-corrected chi connectivity index (χ3v) is 17.6. The first-order valence-electron chi connectivity index (χ1n) is 36.9. The van der Waals surface area contributed by atoms with Crippen molar-refractivity contribution >= 4 is 19.8 Å². The molecule has 0 aromatic carbocycles. The van der Waals surface area contributed by atoms with E-state index in [1.807, 2.05) is 21.1 Å². The SMILES string of the molecule is CC/C=C\C/C=C\C/C=C\C/C=C\CCCCCCCCCCCCCCC(=O)OC(COC(=O)CCCCCCCCCCCCCCCCCCCCCCCCCCCCCCCCCCCCCC)COP(=O)(O)OCC[N+](C)(C)C. The highest BCUT2D eigenvalue weighted by Gasteiger charge is 2.27. The van der Waals surface area contributed by atoms with Gasteiger partial charge in [-0.25, -0.2) is 4.57 Å². The third-order valence-electron chi connectivity index (χ3n) is 16.6. The Morgan fingerprint density at radius 1 is 0.376 bits per heavy atom. The van der Waals surface area contributed by atoms with E-state index in [1.54, 1.807) is 0 Å². The highest BCUT2D eigenvalue weighted by atomic mass is 31.2. The molecule has 0 aromatic rings. The lowest BCUT2D eigenvalue weighted by Gasteiger charge is -2.24. The van der Waals surface area contributed by atoms with Gasteiger partial charge in [-0.1, -0.05) is 351 Å². The monoisotopic (exact) mass is 1220 g/mol. The molecule has 0 bridgehead atoms. The summed E-state index contributed by atoms with van der Waals surface area (Å²) in [5.41, 5.74) is 0. The molecule has 0 spiro atoms. The molecule has 0 aliphatic carbocycles. The second kappa shape index (κ2) is 66.4. The third kappa shape index (κ3) is 70.9. The van der Waals surface area contributed by atoms with E-state index in [2.05, 4.69) is 62.5 Å². The summed E-state index contributed by atoms with van der Waals surface area (Å²) in [7, 11) is 1.49. The number of rotatable bonds is 69. The Hall–Kier alpha value is -2.03. The molecule has 0 aliphatic heterocycles. The number of phosphoric acid groups is 1. The Morgan fingerprint density at radius 3 is 1.00 bits per heavy atom. The number of ether oxygens (including phenoxy) is 2. The number of likely N-dealkylation sites (N-methyl/N-ethyl adjacent to an activating group) is 1. The molecular formula is C75H143NO8P+. The Bertz CT molecular complexity index is 1570. The number of unbranched alkanes of at least 4 members (excludes halogenated alkanes) is 47. The van der Waals surface area contributed by atoms with E-state index in [1.165, 1.54) is 270 Å². The number of hydrogen-bond acceptors (Lipinski definition) is 7. The van der Waals surface area contributed by atoms with Gasteiger partial charge in [-0.3, -0.25) is 18.6 Å². The smallest absolute Gasteiger partial charge is 0.462 e. The van der Waals surface area contributed by atoms with Crippen LogP contribution in [0, 0.1) is 0 Å². The predicted molar refractivity (Wildman–Crippen MR) is 367 cm³/mol. The van der Waals surface area contributed by atoms with E-state index in [0.717, 1.165) is 64.2 Å². The zero-order valence-corrected chi connectivity index (χ0v) is 58.0. The van der Waals surface area contributed by atoms with Crippen molar-refractivity contribution in [1.82, 2.24) is 0 Å². The maximum Gasteiger partial charge on any atom is 0.472 e. The maximum absolute atomic E-state index is 12.9. The van der Waals surface area contributed by atoms with Crippen LogP contribution >= 0.6 is 7.82 Å². The standard InChI is InChI=1S/C75H142NO8P/c1-6-8-10-12-14-16-18-20-22-24-26-28-30-32-33-34-35-36-37-38-39-40-41-42-44-45-47-49-51-53-55-57-59-61-63-65-67-74(77)81-71-73(72-83-85(79,80)82-70-69-76(3,4)5)84-75(78)68-66-64-62-60-58-56-54-52-50-48-46-43-31-29-27-25-23-21-19-17-15-13-11-9-7-2/h9,11,15,17,21,23,27,29,73H,6-8,10,12-14,16,18-20,22,24-26,28,30-72H2,1-5H3/p+1/b11-9-,17-15-,23-21-,29-27-. The molecule has 2 atom stereocenters. The summed E-state index contributed by atoms with van der Waals surface area (Å²) >= 11 is 0. The van der Waals surface area contributed by atoms with Crippen LogP contribution in [0.2, 0.25) is 0 Å². The Morgan fingerprint density at radius 2 is 0.671 bits per heavy atom. The number of quaternary nitrogens is 1. The van der Waals surface area contributed by atoms with Crippen LogP contribution in [0.1, 0.15) is 367 Å². The molecule has 0 heterocycles. The molecule has 0 saturated carbocycles. The van der Waals surface area contributed by atoms with Gasteiger partial charge in [0.2, 0.25) is 0 Å². The first-order valence-corrected chi connectivity index (χ1v) is 38.4. The molecule has 1 N–H and O–H groups in total. The van der Waals surface area contributed by atoms with Crippen LogP contribution in [0.5, 0.6) is 0 Å². The van der Waals surface area contributed by atoms with Gasteiger partial charge in [-0.2, -0.15) is 0 Å².